The zero-order valence-corrected chi connectivity index (χ0v) is 10.6. The number of H-pyrrole nitrogens is 1. The fourth-order valence-corrected chi connectivity index (χ4v) is 2.47. The zero-order chi connectivity index (χ0) is 12.4. The molecule has 0 spiro atoms. The van der Waals surface area contributed by atoms with Gasteiger partial charge in [0.25, 0.3) is 0 Å². The minimum absolute atomic E-state index is 0.525. The van der Waals surface area contributed by atoms with Crippen LogP contribution in [0.3, 0.4) is 0 Å². The van der Waals surface area contributed by atoms with Crippen molar-refractivity contribution < 1.29 is 0 Å². The first-order valence-electron chi connectivity index (χ1n) is 6.53. The van der Waals surface area contributed by atoms with Gasteiger partial charge in [-0.1, -0.05) is 23.8 Å². The Morgan fingerprint density at radius 1 is 1.22 bits per heavy atom. The highest BCUT2D eigenvalue weighted by atomic mass is 15.2. The SMILES string of the molecule is Cc1cccc(-c2n[nH]c(C3CCNCC3)n2)c1. The van der Waals surface area contributed by atoms with Gasteiger partial charge in [-0.05, 0) is 38.9 Å². The molecule has 4 nitrogen and oxygen atoms in total. The number of aryl methyl sites for hydroxylation is 1. The molecule has 0 radical (unpaired) electrons. The summed E-state index contributed by atoms with van der Waals surface area (Å²) < 4.78 is 0. The van der Waals surface area contributed by atoms with E-state index in [1.807, 2.05) is 6.07 Å². The molecule has 2 heterocycles. The summed E-state index contributed by atoms with van der Waals surface area (Å²) in [5.74, 6) is 2.37. The summed E-state index contributed by atoms with van der Waals surface area (Å²) in [6.45, 7) is 4.24. The van der Waals surface area contributed by atoms with E-state index in [0.717, 1.165) is 43.1 Å². The Morgan fingerprint density at radius 3 is 2.83 bits per heavy atom. The molecule has 0 atom stereocenters. The average Bonchev–Trinajstić information content (AvgIpc) is 2.89. The van der Waals surface area contributed by atoms with Gasteiger partial charge in [-0.15, -0.1) is 0 Å². The van der Waals surface area contributed by atoms with E-state index in [0.29, 0.717) is 5.92 Å². The Morgan fingerprint density at radius 2 is 2.06 bits per heavy atom. The van der Waals surface area contributed by atoms with Gasteiger partial charge in [-0.2, -0.15) is 5.10 Å². The van der Waals surface area contributed by atoms with Crippen LogP contribution in [0.5, 0.6) is 0 Å². The van der Waals surface area contributed by atoms with Crippen molar-refractivity contribution in [3.63, 3.8) is 0 Å². The lowest BCUT2D eigenvalue weighted by molar-refractivity contribution is 0.446. The van der Waals surface area contributed by atoms with Crippen LogP contribution in [0.15, 0.2) is 24.3 Å². The molecule has 0 bridgehead atoms. The van der Waals surface area contributed by atoms with Crippen LogP contribution in [-0.2, 0) is 0 Å². The molecule has 1 aromatic heterocycles. The van der Waals surface area contributed by atoms with Gasteiger partial charge in [0.2, 0.25) is 0 Å². The molecule has 1 aliphatic heterocycles. The Kier molecular flexibility index (Phi) is 3.11. The van der Waals surface area contributed by atoms with E-state index in [1.54, 1.807) is 0 Å². The maximum absolute atomic E-state index is 4.65. The standard InChI is InChI=1S/C14H18N4/c1-10-3-2-4-12(9-10)14-16-13(17-18-14)11-5-7-15-8-6-11/h2-4,9,11,15H,5-8H2,1H3,(H,16,17,18). The third-order valence-electron chi connectivity index (χ3n) is 3.50. The molecule has 0 aliphatic carbocycles. The molecule has 2 aromatic rings. The van der Waals surface area contributed by atoms with Gasteiger partial charge >= 0.3 is 0 Å². The molecule has 3 rings (SSSR count). The number of rotatable bonds is 2. The number of nitrogens with one attached hydrogen (secondary N) is 2. The molecule has 0 unspecified atom stereocenters. The number of aromatic nitrogens is 3. The Balaban J connectivity index is 1.84. The van der Waals surface area contributed by atoms with Crippen LogP contribution in [0, 0.1) is 6.92 Å². The Hall–Kier alpha value is -1.68. The molecule has 1 saturated heterocycles. The lowest BCUT2D eigenvalue weighted by Crippen LogP contribution is -2.27. The van der Waals surface area contributed by atoms with Gasteiger partial charge in [-0.25, -0.2) is 4.98 Å². The zero-order valence-electron chi connectivity index (χ0n) is 10.6. The van der Waals surface area contributed by atoms with Gasteiger partial charge < -0.3 is 5.32 Å². The molecule has 1 aliphatic rings. The molecule has 4 heteroatoms. The number of nitrogens with zero attached hydrogens (tertiary/aromatic N) is 2. The number of benzene rings is 1. The van der Waals surface area contributed by atoms with E-state index in [9.17, 15) is 0 Å². The van der Waals surface area contributed by atoms with Crippen LogP contribution < -0.4 is 5.32 Å². The van der Waals surface area contributed by atoms with Crippen LogP contribution in [-0.4, -0.2) is 28.3 Å². The Bertz CT molecular complexity index is 526. The van der Waals surface area contributed by atoms with Gasteiger partial charge in [0.1, 0.15) is 5.82 Å². The molecule has 1 aromatic carbocycles. The normalized spacial score (nSPS) is 16.9. The highest BCUT2D eigenvalue weighted by Crippen LogP contribution is 2.24. The molecular weight excluding hydrogens is 224 g/mol. The first-order chi connectivity index (χ1) is 8.83. The van der Waals surface area contributed by atoms with Crippen LogP contribution in [0.4, 0.5) is 0 Å². The average molecular weight is 242 g/mol. The molecular formula is C14H18N4. The summed E-state index contributed by atoms with van der Waals surface area (Å²) in [5.41, 5.74) is 2.33. The highest BCUT2D eigenvalue weighted by molar-refractivity contribution is 5.55. The second kappa shape index (κ2) is 4.90. The second-order valence-corrected chi connectivity index (χ2v) is 4.94. The van der Waals surface area contributed by atoms with E-state index in [2.05, 4.69) is 45.6 Å². The topological polar surface area (TPSA) is 53.6 Å². The van der Waals surface area contributed by atoms with Gasteiger partial charge in [0.05, 0.1) is 0 Å². The third-order valence-corrected chi connectivity index (χ3v) is 3.50. The fourth-order valence-electron chi connectivity index (χ4n) is 2.47. The third kappa shape index (κ3) is 2.29. The Labute approximate surface area is 107 Å². The maximum atomic E-state index is 4.65. The predicted octanol–water partition coefficient (Wildman–Crippen LogP) is 2.25. The molecule has 2 N–H and O–H groups in total. The second-order valence-electron chi connectivity index (χ2n) is 4.94. The minimum atomic E-state index is 0.525. The van der Waals surface area contributed by atoms with Gasteiger partial charge in [0, 0.05) is 11.5 Å². The van der Waals surface area contributed by atoms with E-state index >= 15 is 0 Å². The van der Waals surface area contributed by atoms with Crippen molar-refractivity contribution in [2.45, 2.75) is 25.7 Å². The summed E-state index contributed by atoms with van der Waals surface area (Å²) >= 11 is 0. The summed E-state index contributed by atoms with van der Waals surface area (Å²) in [6.07, 6.45) is 2.28. The van der Waals surface area contributed by atoms with Crippen LogP contribution in [0.1, 0.15) is 30.1 Å². The quantitative estimate of drug-likeness (QED) is 0.849. The summed E-state index contributed by atoms with van der Waals surface area (Å²) in [4.78, 5) is 4.65. The molecule has 1 fully saturated rings. The fraction of sp³-hybridized carbons (Fsp3) is 0.429. The van der Waals surface area contributed by atoms with Crippen LogP contribution >= 0.6 is 0 Å². The number of hydrogen-bond acceptors (Lipinski definition) is 3. The highest BCUT2D eigenvalue weighted by Gasteiger charge is 2.19. The number of aromatic amines is 1. The van der Waals surface area contributed by atoms with E-state index in [1.165, 1.54) is 5.56 Å². The molecule has 0 saturated carbocycles. The van der Waals surface area contributed by atoms with Gasteiger partial charge in [-0.3, -0.25) is 5.10 Å². The molecule has 94 valence electrons. The largest absolute Gasteiger partial charge is 0.317 e. The lowest BCUT2D eigenvalue weighted by Gasteiger charge is -2.19. The monoisotopic (exact) mass is 242 g/mol. The summed E-state index contributed by atoms with van der Waals surface area (Å²) in [6, 6.07) is 8.31. The minimum Gasteiger partial charge on any atom is -0.317 e. The lowest BCUT2D eigenvalue weighted by atomic mass is 9.98. The number of piperidine rings is 1. The molecule has 18 heavy (non-hydrogen) atoms. The van der Waals surface area contributed by atoms with Crippen molar-refractivity contribution in [1.29, 1.82) is 0 Å². The number of hydrogen-bond donors (Lipinski definition) is 2. The smallest absolute Gasteiger partial charge is 0.181 e. The van der Waals surface area contributed by atoms with Crippen LogP contribution in [0.25, 0.3) is 11.4 Å². The van der Waals surface area contributed by atoms with Crippen molar-refractivity contribution in [2.75, 3.05) is 13.1 Å². The van der Waals surface area contributed by atoms with Crippen molar-refractivity contribution >= 4 is 0 Å². The first-order valence-corrected chi connectivity index (χ1v) is 6.53. The van der Waals surface area contributed by atoms with E-state index in [4.69, 9.17) is 0 Å². The maximum Gasteiger partial charge on any atom is 0.181 e. The van der Waals surface area contributed by atoms with Crippen LogP contribution in [0.2, 0.25) is 0 Å². The predicted molar refractivity (Wildman–Crippen MR) is 71.4 cm³/mol. The summed E-state index contributed by atoms with van der Waals surface area (Å²) in [7, 11) is 0. The van der Waals surface area contributed by atoms with E-state index < -0.39 is 0 Å². The van der Waals surface area contributed by atoms with Crippen molar-refractivity contribution in [3.8, 4) is 11.4 Å². The van der Waals surface area contributed by atoms with Gasteiger partial charge in [0.15, 0.2) is 5.82 Å². The van der Waals surface area contributed by atoms with Crippen molar-refractivity contribution in [1.82, 2.24) is 20.5 Å². The summed E-state index contributed by atoms with van der Waals surface area (Å²) in [5, 5.41) is 10.8. The van der Waals surface area contributed by atoms with E-state index in [-0.39, 0.29) is 0 Å². The first kappa shape index (κ1) is 11.4. The molecule has 0 amide bonds. The van der Waals surface area contributed by atoms with Crippen molar-refractivity contribution in [2.24, 2.45) is 0 Å². The van der Waals surface area contributed by atoms with Crippen molar-refractivity contribution in [3.05, 3.63) is 35.7 Å².